The molecule has 140 valence electrons. The van der Waals surface area contributed by atoms with E-state index >= 15 is 0 Å². The second-order valence-corrected chi connectivity index (χ2v) is 5.57. The van der Waals surface area contributed by atoms with Crippen LogP contribution in [0, 0.1) is 5.92 Å². The first kappa shape index (κ1) is 23.2. The molecule has 0 aliphatic heterocycles. The van der Waals surface area contributed by atoms with Crippen molar-refractivity contribution in [3.8, 4) is 5.75 Å². The van der Waals surface area contributed by atoms with Crippen molar-refractivity contribution in [1.29, 1.82) is 0 Å². The zero-order chi connectivity index (χ0) is 16.8. The molecule has 2 N–H and O–H groups in total. The third-order valence-corrected chi connectivity index (χ3v) is 3.81. The number of ether oxygens (including phenoxy) is 1. The summed E-state index contributed by atoms with van der Waals surface area (Å²) in [6, 6.07) is 7.36. The second kappa shape index (κ2) is 11.0. The highest BCUT2D eigenvalue weighted by molar-refractivity contribution is 5.85. The maximum Gasteiger partial charge on any atom is 0.224 e. The number of carbonyl (C=O) groups is 1. The standard InChI is InChI=1S/C17H24N4O2.2ClH/c1-12(11-18-2)17(22)20-15(16-19-9-10-21(16)3)13-5-7-14(23-4)8-6-13;;/h5-10,12,15,18H,11H2,1-4H3,(H,20,22);2*1H. The second-order valence-electron chi connectivity index (χ2n) is 5.57. The minimum absolute atomic E-state index is 0. The average Bonchev–Trinajstić information content (AvgIpc) is 2.98. The molecule has 1 aromatic heterocycles. The number of rotatable bonds is 7. The molecular formula is C17H26Cl2N4O2. The maximum atomic E-state index is 12.4. The van der Waals surface area contributed by atoms with Gasteiger partial charge in [0.25, 0.3) is 0 Å². The van der Waals surface area contributed by atoms with Crippen LogP contribution in [-0.2, 0) is 11.8 Å². The fourth-order valence-corrected chi connectivity index (χ4v) is 2.43. The first-order chi connectivity index (χ1) is 11.1. The van der Waals surface area contributed by atoms with Gasteiger partial charge in [-0.2, -0.15) is 0 Å². The van der Waals surface area contributed by atoms with Gasteiger partial charge >= 0.3 is 0 Å². The molecule has 0 saturated heterocycles. The van der Waals surface area contributed by atoms with Gasteiger partial charge in [0.15, 0.2) is 0 Å². The summed E-state index contributed by atoms with van der Waals surface area (Å²) >= 11 is 0. The monoisotopic (exact) mass is 388 g/mol. The number of aromatic nitrogens is 2. The van der Waals surface area contributed by atoms with Gasteiger partial charge < -0.3 is 19.9 Å². The van der Waals surface area contributed by atoms with Gasteiger partial charge in [0.2, 0.25) is 5.91 Å². The molecule has 1 amide bonds. The van der Waals surface area contributed by atoms with E-state index in [1.165, 1.54) is 0 Å². The van der Waals surface area contributed by atoms with E-state index in [0.717, 1.165) is 17.1 Å². The Morgan fingerprint density at radius 3 is 2.40 bits per heavy atom. The summed E-state index contributed by atoms with van der Waals surface area (Å²) in [4.78, 5) is 16.8. The van der Waals surface area contributed by atoms with Crippen molar-refractivity contribution in [1.82, 2.24) is 20.2 Å². The molecule has 25 heavy (non-hydrogen) atoms. The number of benzene rings is 1. The third kappa shape index (κ3) is 5.92. The van der Waals surface area contributed by atoms with Crippen molar-refractivity contribution in [3.05, 3.63) is 48.0 Å². The Labute approximate surface area is 161 Å². The number of amides is 1. The predicted octanol–water partition coefficient (Wildman–Crippen LogP) is 2.33. The summed E-state index contributed by atoms with van der Waals surface area (Å²) < 4.78 is 7.11. The van der Waals surface area contributed by atoms with E-state index < -0.39 is 0 Å². The van der Waals surface area contributed by atoms with Crippen LogP contribution in [-0.4, -0.2) is 36.2 Å². The van der Waals surface area contributed by atoms with Gasteiger partial charge in [0, 0.05) is 31.9 Å². The van der Waals surface area contributed by atoms with E-state index in [2.05, 4.69) is 15.6 Å². The Bertz CT molecular complexity index is 646. The van der Waals surface area contributed by atoms with Gasteiger partial charge in [-0.25, -0.2) is 4.98 Å². The van der Waals surface area contributed by atoms with Gasteiger partial charge in [-0.3, -0.25) is 4.79 Å². The highest BCUT2D eigenvalue weighted by atomic mass is 35.5. The number of methoxy groups -OCH3 is 1. The molecule has 0 aliphatic rings. The Hall–Kier alpha value is -1.76. The molecule has 2 atom stereocenters. The molecule has 6 nitrogen and oxygen atoms in total. The van der Waals surface area contributed by atoms with E-state index in [4.69, 9.17) is 4.74 Å². The topological polar surface area (TPSA) is 68.2 Å². The number of hydrogen-bond acceptors (Lipinski definition) is 4. The molecular weight excluding hydrogens is 363 g/mol. The van der Waals surface area contributed by atoms with Gasteiger partial charge in [0.05, 0.1) is 7.11 Å². The molecule has 0 bridgehead atoms. The molecule has 0 saturated carbocycles. The summed E-state index contributed by atoms with van der Waals surface area (Å²) in [5, 5.41) is 6.12. The Balaban J connectivity index is 0.00000288. The number of nitrogens with one attached hydrogen (secondary N) is 2. The first-order valence-corrected chi connectivity index (χ1v) is 7.63. The number of aryl methyl sites for hydroxylation is 1. The highest BCUT2D eigenvalue weighted by Crippen LogP contribution is 2.23. The van der Waals surface area contributed by atoms with E-state index in [0.29, 0.717) is 6.54 Å². The lowest BCUT2D eigenvalue weighted by Crippen LogP contribution is -2.38. The third-order valence-electron chi connectivity index (χ3n) is 3.81. The lowest BCUT2D eigenvalue weighted by Gasteiger charge is -2.21. The summed E-state index contributed by atoms with van der Waals surface area (Å²) in [6.45, 7) is 2.52. The molecule has 0 spiro atoms. The molecule has 2 aromatic rings. The molecule has 0 aliphatic carbocycles. The zero-order valence-corrected chi connectivity index (χ0v) is 16.5. The smallest absolute Gasteiger partial charge is 0.224 e. The van der Waals surface area contributed by atoms with Crippen molar-refractivity contribution in [2.75, 3.05) is 20.7 Å². The zero-order valence-electron chi connectivity index (χ0n) is 14.9. The minimum atomic E-state index is -0.298. The summed E-state index contributed by atoms with van der Waals surface area (Å²) in [5.41, 5.74) is 0.963. The van der Waals surface area contributed by atoms with Crippen LogP contribution in [0.5, 0.6) is 5.75 Å². The van der Waals surface area contributed by atoms with E-state index in [1.54, 1.807) is 13.3 Å². The van der Waals surface area contributed by atoms with E-state index in [1.807, 2.05) is 56.0 Å². The average molecular weight is 389 g/mol. The largest absolute Gasteiger partial charge is 0.497 e. The number of halogens is 2. The molecule has 0 radical (unpaired) electrons. The number of imidazole rings is 1. The van der Waals surface area contributed by atoms with Crippen molar-refractivity contribution in [2.24, 2.45) is 13.0 Å². The van der Waals surface area contributed by atoms with E-state index in [9.17, 15) is 4.79 Å². The SMILES string of the molecule is CNCC(C)C(=O)NC(c1ccc(OC)cc1)c1nccn1C.Cl.Cl. The van der Waals surface area contributed by atoms with Crippen LogP contribution in [0.1, 0.15) is 24.4 Å². The lowest BCUT2D eigenvalue weighted by molar-refractivity contribution is -0.124. The van der Waals surface area contributed by atoms with Crippen LogP contribution < -0.4 is 15.4 Å². The van der Waals surface area contributed by atoms with Crippen LogP contribution >= 0.6 is 24.8 Å². The van der Waals surface area contributed by atoms with Crippen molar-refractivity contribution < 1.29 is 9.53 Å². The normalized spacial score (nSPS) is 12.3. The Kier molecular flexibility index (Phi) is 10.2. The summed E-state index contributed by atoms with van der Waals surface area (Å²) in [6.07, 6.45) is 3.60. The number of nitrogens with zero attached hydrogens (tertiary/aromatic N) is 2. The van der Waals surface area contributed by atoms with Crippen molar-refractivity contribution in [3.63, 3.8) is 0 Å². The predicted molar refractivity (Wildman–Crippen MR) is 104 cm³/mol. The van der Waals surface area contributed by atoms with Crippen LogP contribution in [0.4, 0.5) is 0 Å². The maximum absolute atomic E-state index is 12.4. The molecule has 2 unspecified atom stereocenters. The summed E-state index contributed by atoms with van der Waals surface area (Å²) in [5.74, 6) is 1.44. The van der Waals surface area contributed by atoms with Crippen LogP contribution in [0.25, 0.3) is 0 Å². The Morgan fingerprint density at radius 2 is 1.92 bits per heavy atom. The van der Waals surface area contributed by atoms with Crippen molar-refractivity contribution in [2.45, 2.75) is 13.0 Å². The highest BCUT2D eigenvalue weighted by Gasteiger charge is 2.23. The molecule has 1 heterocycles. The van der Waals surface area contributed by atoms with Crippen LogP contribution in [0.3, 0.4) is 0 Å². The van der Waals surface area contributed by atoms with E-state index in [-0.39, 0.29) is 42.7 Å². The number of carbonyl (C=O) groups excluding carboxylic acids is 1. The lowest BCUT2D eigenvalue weighted by atomic mass is 10.0. The molecule has 1 aromatic carbocycles. The fourth-order valence-electron chi connectivity index (χ4n) is 2.43. The Morgan fingerprint density at radius 1 is 1.28 bits per heavy atom. The molecule has 2 rings (SSSR count). The van der Waals surface area contributed by atoms with Crippen molar-refractivity contribution >= 4 is 30.7 Å². The molecule has 8 heteroatoms. The minimum Gasteiger partial charge on any atom is -0.497 e. The fraction of sp³-hybridized carbons (Fsp3) is 0.412. The molecule has 0 fully saturated rings. The van der Waals surface area contributed by atoms with Gasteiger partial charge in [0.1, 0.15) is 17.6 Å². The van der Waals surface area contributed by atoms with Gasteiger partial charge in [-0.05, 0) is 24.7 Å². The van der Waals surface area contributed by atoms with Gasteiger partial charge in [-0.1, -0.05) is 19.1 Å². The first-order valence-electron chi connectivity index (χ1n) is 7.63. The van der Waals surface area contributed by atoms with Gasteiger partial charge in [-0.15, -0.1) is 24.8 Å². The summed E-state index contributed by atoms with van der Waals surface area (Å²) in [7, 11) is 5.39. The number of hydrogen-bond donors (Lipinski definition) is 2. The quantitative estimate of drug-likeness (QED) is 0.763. The van der Waals surface area contributed by atoms with Crippen LogP contribution in [0.2, 0.25) is 0 Å². The van der Waals surface area contributed by atoms with Crippen LogP contribution in [0.15, 0.2) is 36.7 Å².